The predicted octanol–water partition coefficient (Wildman–Crippen LogP) is 2.51. The Kier molecular flexibility index (Phi) is 5.74. The minimum atomic E-state index is -0.429. The molecule has 0 unspecified atom stereocenters. The SMILES string of the molecule is Cc1ccc(/C=C/C(=O)N(CCC(N)=O)Cc2ccccc2)o1. The van der Waals surface area contributed by atoms with Crippen molar-refractivity contribution in [2.75, 3.05) is 6.54 Å². The summed E-state index contributed by atoms with van der Waals surface area (Å²) in [6, 6.07) is 13.2. The van der Waals surface area contributed by atoms with E-state index in [2.05, 4.69) is 0 Å². The minimum absolute atomic E-state index is 0.131. The number of furan rings is 1. The number of amides is 2. The van der Waals surface area contributed by atoms with Gasteiger partial charge in [0.1, 0.15) is 11.5 Å². The molecule has 1 aromatic carbocycles. The second-order valence-electron chi connectivity index (χ2n) is 5.24. The molecule has 2 N–H and O–H groups in total. The summed E-state index contributed by atoms with van der Waals surface area (Å²) in [7, 11) is 0. The van der Waals surface area contributed by atoms with Crippen LogP contribution in [0.15, 0.2) is 53.0 Å². The highest BCUT2D eigenvalue weighted by molar-refractivity contribution is 5.91. The molecular formula is C18H20N2O3. The monoisotopic (exact) mass is 312 g/mol. The van der Waals surface area contributed by atoms with Crippen molar-refractivity contribution in [1.29, 1.82) is 0 Å². The lowest BCUT2D eigenvalue weighted by Crippen LogP contribution is -2.32. The summed E-state index contributed by atoms with van der Waals surface area (Å²) in [5.41, 5.74) is 6.19. The van der Waals surface area contributed by atoms with Gasteiger partial charge in [-0.3, -0.25) is 9.59 Å². The molecule has 0 aliphatic heterocycles. The van der Waals surface area contributed by atoms with E-state index in [1.54, 1.807) is 17.0 Å². The predicted molar refractivity (Wildman–Crippen MR) is 88.1 cm³/mol. The first-order valence-electron chi connectivity index (χ1n) is 7.40. The van der Waals surface area contributed by atoms with Crippen molar-refractivity contribution in [1.82, 2.24) is 4.90 Å². The van der Waals surface area contributed by atoms with Crippen LogP contribution in [0.25, 0.3) is 6.08 Å². The zero-order valence-corrected chi connectivity index (χ0v) is 13.1. The molecule has 5 heteroatoms. The van der Waals surface area contributed by atoms with Crippen LogP contribution in [-0.2, 0) is 16.1 Å². The van der Waals surface area contributed by atoms with Crippen LogP contribution in [0.1, 0.15) is 23.5 Å². The van der Waals surface area contributed by atoms with Gasteiger partial charge in [0.15, 0.2) is 0 Å². The Hall–Kier alpha value is -2.82. The van der Waals surface area contributed by atoms with Gasteiger partial charge in [0, 0.05) is 25.6 Å². The number of carbonyl (C=O) groups is 2. The minimum Gasteiger partial charge on any atom is -0.462 e. The summed E-state index contributed by atoms with van der Waals surface area (Å²) in [5, 5.41) is 0. The van der Waals surface area contributed by atoms with Gasteiger partial charge < -0.3 is 15.1 Å². The molecule has 0 aliphatic rings. The average Bonchev–Trinajstić information content (AvgIpc) is 2.95. The van der Waals surface area contributed by atoms with E-state index >= 15 is 0 Å². The van der Waals surface area contributed by atoms with Crippen LogP contribution >= 0.6 is 0 Å². The topological polar surface area (TPSA) is 76.5 Å². The number of hydrogen-bond acceptors (Lipinski definition) is 3. The van der Waals surface area contributed by atoms with Crippen LogP contribution in [0.2, 0.25) is 0 Å². The maximum absolute atomic E-state index is 12.4. The van der Waals surface area contributed by atoms with Gasteiger partial charge in [-0.05, 0) is 30.7 Å². The molecule has 0 bridgehead atoms. The van der Waals surface area contributed by atoms with Crippen molar-refractivity contribution < 1.29 is 14.0 Å². The largest absolute Gasteiger partial charge is 0.462 e. The Balaban J connectivity index is 2.06. The van der Waals surface area contributed by atoms with E-state index in [9.17, 15) is 9.59 Å². The van der Waals surface area contributed by atoms with Gasteiger partial charge in [0.2, 0.25) is 11.8 Å². The lowest BCUT2D eigenvalue weighted by atomic mass is 10.2. The van der Waals surface area contributed by atoms with Crippen LogP contribution in [0.4, 0.5) is 0 Å². The number of carbonyl (C=O) groups excluding carboxylic acids is 2. The standard InChI is InChI=1S/C18H20N2O3/c1-14-7-8-16(23-14)9-10-18(22)20(12-11-17(19)21)13-15-5-3-2-4-6-15/h2-10H,11-13H2,1H3,(H2,19,21)/b10-9+. The van der Waals surface area contributed by atoms with Crippen molar-refractivity contribution in [2.24, 2.45) is 5.73 Å². The van der Waals surface area contributed by atoms with Crippen LogP contribution in [0, 0.1) is 6.92 Å². The Morgan fingerprint density at radius 1 is 1.17 bits per heavy atom. The number of nitrogens with zero attached hydrogens (tertiary/aromatic N) is 1. The lowest BCUT2D eigenvalue weighted by molar-refractivity contribution is -0.127. The first-order chi connectivity index (χ1) is 11.0. The molecule has 0 aliphatic carbocycles. The number of hydrogen-bond donors (Lipinski definition) is 1. The molecule has 5 nitrogen and oxygen atoms in total. The maximum Gasteiger partial charge on any atom is 0.247 e. The highest BCUT2D eigenvalue weighted by atomic mass is 16.3. The summed E-state index contributed by atoms with van der Waals surface area (Å²) in [4.78, 5) is 25.0. The molecule has 0 radical (unpaired) electrons. The van der Waals surface area contributed by atoms with Crippen molar-refractivity contribution >= 4 is 17.9 Å². The molecule has 2 rings (SSSR count). The average molecular weight is 312 g/mol. The third kappa shape index (κ3) is 5.47. The zero-order valence-electron chi connectivity index (χ0n) is 13.1. The third-order valence-electron chi connectivity index (χ3n) is 3.31. The lowest BCUT2D eigenvalue weighted by Gasteiger charge is -2.20. The van der Waals surface area contributed by atoms with E-state index in [-0.39, 0.29) is 18.9 Å². The van der Waals surface area contributed by atoms with Gasteiger partial charge >= 0.3 is 0 Å². The van der Waals surface area contributed by atoms with Gasteiger partial charge in [0.05, 0.1) is 0 Å². The molecule has 0 saturated heterocycles. The zero-order chi connectivity index (χ0) is 16.7. The van der Waals surface area contributed by atoms with E-state index < -0.39 is 5.91 Å². The quantitative estimate of drug-likeness (QED) is 0.798. The van der Waals surface area contributed by atoms with E-state index in [4.69, 9.17) is 10.2 Å². The molecule has 0 spiro atoms. The van der Waals surface area contributed by atoms with E-state index in [1.165, 1.54) is 6.08 Å². The van der Waals surface area contributed by atoms with Gasteiger partial charge in [-0.1, -0.05) is 30.3 Å². The first-order valence-corrected chi connectivity index (χ1v) is 7.40. The van der Waals surface area contributed by atoms with Crippen molar-refractivity contribution in [3.8, 4) is 0 Å². The highest BCUT2D eigenvalue weighted by Gasteiger charge is 2.12. The van der Waals surface area contributed by atoms with Crippen LogP contribution in [0.3, 0.4) is 0 Å². The number of nitrogens with two attached hydrogens (primary N) is 1. The molecule has 1 aromatic heterocycles. The number of aryl methyl sites for hydroxylation is 1. The number of benzene rings is 1. The fraction of sp³-hybridized carbons (Fsp3) is 0.222. The summed E-state index contributed by atoms with van der Waals surface area (Å²) in [5.74, 6) is 0.781. The van der Waals surface area contributed by atoms with Gasteiger partial charge in [-0.2, -0.15) is 0 Å². The summed E-state index contributed by atoms with van der Waals surface area (Å²) in [6.45, 7) is 2.55. The van der Waals surface area contributed by atoms with Crippen molar-refractivity contribution in [3.05, 3.63) is 65.6 Å². The van der Waals surface area contributed by atoms with Crippen LogP contribution in [0.5, 0.6) is 0 Å². The van der Waals surface area contributed by atoms with E-state index in [1.807, 2.05) is 43.3 Å². The molecule has 1 heterocycles. The third-order valence-corrected chi connectivity index (χ3v) is 3.31. The number of primary amides is 1. The fourth-order valence-electron chi connectivity index (χ4n) is 2.12. The smallest absolute Gasteiger partial charge is 0.247 e. The van der Waals surface area contributed by atoms with Crippen LogP contribution < -0.4 is 5.73 Å². The Morgan fingerprint density at radius 3 is 2.52 bits per heavy atom. The molecule has 2 amide bonds. The molecule has 23 heavy (non-hydrogen) atoms. The normalized spacial score (nSPS) is 10.8. The molecule has 120 valence electrons. The van der Waals surface area contributed by atoms with E-state index in [0.717, 1.165) is 11.3 Å². The number of rotatable bonds is 7. The first kappa shape index (κ1) is 16.5. The maximum atomic E-state index is 12.4. The second kappa shape index (κ2) is 7.98. The Morgan fingerprint density at radius 2 is 1.91 bits per heavy atom. The Labute approximate surface area is 135 Å². The summed E-state index contributed by atoms with van der Waals surface area (Å²) >= 11 is 0. The van der Waals surface area contributed by atoms with Crippen molar-refractivity contribution in [2.45, 2.75) is 19.9 Å². The van der Waals surface area contributed by atoms with Gasteiger partial charge in [0.25, 0.3) is 0 Å². The second-order valence-corrected chi connectivity index (χ2v) is 5.24. The molecule has 2 aromatic rings. The van der Waals surface area contributed by atoms with Crippen LogP contribution in [-0.4, -0.2) is 23.3 Å². The van der Waals surface area contributed by atoms with Gasteiger partial charge in [-0.25, -0.2) is 0 Å². The summed E-state index contributed by atoms with van der Waals surface area (Å²) < 4.78 is 5.40. The van der Waals surface area contributed by atoms with E-state index in [0.29, 0.717) is 12.3 Å². The molecule has 0 atom stereocenters. The summed E-state index contributed by atoms with van der Waals surface area (Å²) in [6.07, 6.45) is 3.20. The highest BCUT2D eigenvalue weighted by Crippen LogP contribution is 2.10. The molecular weight excluding hydrogens is 292 g/mol. The fourth-order valence-corrected chi connectivity index (χ4v) is 2.12. The Bertz CT molecular complexity index is 689. The molecule has 0 fully saturated rings. The van der Waals surface area contributed by atoms with Crippen molar-refractivity contribution in [3.63, 3.8) is 0 Å². The molecule has 0 saturated carbocycles. The van der Waals surface area contributed by atoms with Gasteiger partial charge in [-0.15, -0.1) is 0 Å².